The van der Waals surface area contributed by atoms with Crippen molar-refractivity contribution < 1.29 is 17.7 Å². The number of hydrogen-bond donors (Lipinski definition) is 0. The van der Waals surface area contributed by atoms with Gasteiger partial charge in [-0.15, -0.1) is 0 Å². The molecular formula is C24H32FNO4S. The molecule has 0 fully saturated rings. The van der Waals surface area contributed by atoms with Gasteiger partial charge in [0.15, 0.2) is 9.84 Å². The predicted octanol–water partition coefficient (Wildman–Crippen LogP) is 6.49. The third-order valence-corrected chi connectivity index (χ3v) is 7.83. The molecule has 0 aromatic heterocycles. The Morgan fingerprint density at radius 2 is 1.68 bits per heavy atom. The van der Waals surface area contributed by atoms with Crippen LogP contribution in [0.4, 0.5) is 10.1 Å². The Balaban J connectivity index is 2.40. The van der Waals surface area contributed by atoms with Crippen molar-refractivity contribution in [3.8, 4) is 0 Å². The minimum atomic E-state index is -3.67. The fourth-order valence-electron chi connectivity index (χ4n) is 4.00. The highest BCUT2D eigenvalue weighted by molar-refractivity contribution is 7.91. The van der Waals surface area contributed by atoms with Crippen molar-refractivity contribution >= 4 is 15.5 Å². The second-order valence-corrected chi connectivity index (χ2v) is 10.6. The van der Waals surface area contributed by atoms with E-state index in [4.69, 9.17) is 0 Å². The monoisotopic (exact) mass is 449 g/mol. The summed E-state index contributed by atoms with van der Waals surface area (Å²) in [6.07, 6.45) is 5.66. The van der Waals surface area contributed by atoms with E-state index in [1.54, 1.807) is 12.1 Å². The Morgan fingerprint density at radius 1 is 1.03 bits per heavy atom. The van der Waals surface area contributed by atoms with Gasteiger partial charge in [0.05, 0.1) is 15.6 Å². The number of unbranched alkanes of at least 4 members (excludes halogenated alkanes) is 2. The number of hydrogen-bond acceptors (Lipinski definition) is 4. The lowest BCUT2D eigenvalue weighted by Crippen LogP contribution is -2.28. The van der Waals surface area contributed by atoms with Gasteiger partial charge in [-0.05, 0) is 54.0 Å². The van der Waals surface area contributed by atoms with Crippen molar-refractivity contribution in [1.29, 1.82) is 0 Å². The molecule has 0 saturated heterocycles. The molecule has 0 saturated carbocycles. The van der Waals surface area contributed by atoms with Crippen molar-refractivity contribution in [3.63, 3.8) is 0 Å². The highest BCUT2D eigenvalue weighted by Crippen LogP contribution is 2.35. The molecule has 0 aliphatic heterocycles. The smallest absolute Gasteiger partial charge is 0.258 e. The molecule has 0 atom stereocenters. The zero-order valence-electron chi connectivity index (χ0n) is 18.6. The number of halogens is 1. The zero-order valence-corrected chi connectivity index (χ0v) is 19.4. The molecular weight excluding hydrogens is 417 g/mol. The summed E-state index contributed by atoms with van der Waals surface area (Å²) in [5, 5.41) is 11.1. The highest BCUT2D eigenvalue weighted by atomic mass is 32.2. The van der Waals surface area contributed by atoms with Crippen LogP contribution in [0.5, 0.6) is 0 Å². The Bertz CT molecular complexity index is 996. The van der Waals surface area contributed by atoms with Gasteiger partial charge in [-0.1, -0.05) is 58.6 Å². The molecule has 0 unspecified atom stereocenters. The molecule has 0 aliphatic carbocycles. The van der Waals surface area contributed by atoms with Crippen LogP contribution in [0.1, 0.15) is 70.4 Å². The summed E-state index contributed by atoms with van der Waals surface area (Å²) in [6, 6.07) is 9.72. The molecule has 2 rings (SSSR count). The van der Waals surface area contributed by atoms with E-state index < -0.39 is 20.6 Å². The fourth-order valence-corrected chi connectivity index (χ4v) is 6.17. The Hall–Kier alpha value is -2.28. The molecule has 2 aromatic carbocycles. The first-order valence-electron chi connectivity index (χ1n) is 10.8. The van der Waals surface area contributed by atoms with Gasteiger partial charge in [-0.3, -0.25) is 10.1 Å². The van der Waals surface area contributed by atoms with Crippen LogP contribution >= 0.6 is 0 Å². The number of nitro groups is 1. The van der Waals surface area contributed by atoms with E-state index >= 15 is 0 Å². The molecule has 0 amide bonds. The Kier molecular flexibility index (Phi) is 8.74. The van der Waals surface area contributed by atoms with Crippen LogP contribution in [-0.2, 0) is 16.3 Å². The summed E-state index contributed by atoms with van der Waals surface area (Å²) in [6.45, 7) is 6.21. The minimum Gasteiger partial charge on any atom is -0.258 e. The average Bonchev–Trinajstić information content (AvgIpc) is 2.70. The van der Waals surface area contributed by atoms with Crippen molar-refractivity contribution in [2.75, 3.05) is 5.75 Å². The lowest BCUT2D eigenvalue weighted by molar-refractivity contribution is -0.384. The van der Waals surface area contributed by atoms with Crippen LogP contribution in [0.2, 0.25) is 0 Å². The third-order valence-electron chi connectivity index (χ3n) is 5.68. The van der Waals surface area contributed by atoms with E-state index in [1.807, 2.05) is 6.92 Å². The van der Waals surface area contributed by atoms with Gasteiger partial charge >= 0.3 is 0 Å². The van der Waals surface area contributed by atoms with E-state index in [1.165, 1.54) is 30.3 Å². The quantitative estimate of drug-likeness (QED) is 0.211. The molecule has 2 aromatic rings. The molecule has 0 heterocycles. The summed E-state index contributed by atoms with van der Waals surface area (Å²) >= 11 is 0. The number of nitrogens with zero attached hydrogens (tertiary/aromatic N) is 1. The number of rotatable bonds is 12. The molecule has 0 spiro atoms. The van der Waals surface area contributed by atoms with Gasteiger partial charge < -0.3 is 0 Å². The van der Waals surface area contributed by atoms with Gasteiger partial charge in [-0.25, -0.2) is 12.8 Å². The molecule has 0 aliphatic rings. The normalized spacial score (nSPS) is 12.1. The SMILES string of the molecule is CCCCC(C)(CCCC)CS(=O)(=O)c1ccc(F)cc1Cc1cccc([N+](=O)[O-])c1. The van der Waals surface area contributed by atoms with Crippen LogP contribution in [-0.4, -0.2) is 19.1 Å². The minimum absolute atomic E-state index is 0.00751. The second-order valence-electron chi connectivity index (χ2n) is 8.63. The molecule has 170 valence electrons. The van der Waals surface area contributed by atoms with Crippen LogP contribution < -0.4 is 0 Å². The van der Waals surface area contributed by atoms with Crippen LogP contribution in [0.15, 0.2) is 47.4 Å². The summed E-state index contributed by atoms with van der Waals surface area (Å²) in [5.41, 5.74) is 0.469. The van der Waals surface area contributed by atoms with E-state index in [-0.39, 0.29) is 28.2 Å². The number of non-ortho nitro benzene ring substituents is 1. The van der Waals surface area contributed by atoms with Crippen LogP contribution in [0.3, 0.4) is 0 Å². The predicted molar refractivity (Wildman–Crippen MR) is 122 cm³/mol. The Labute approximate surface area is 184 Å². The van der Waals surface area contributed by atoms with E-state index in [2.05, 4.69) is 13.8 Å². The molecule has 0 bridgehead atoms. The third kappa shape index (κ3) is 7.13. The van der Waals surface area contributed by atoms with Crippen molar-refractivity contribution in [1.82, 2.24) is 0 Å². The number of sulfone groups is 1. The summed E-state index contributed by atoms with van der Waals surface area (Å²) in [4.78, 5) is 10.7. The van der Waals surface area contributed by atoms with Crippen molar-refractivity contribution in [3.05, 3.63) is 69.5 Å². The van der Waals surface area contributed by atoms with E-state index in [0.29, 0.717) is 11.1 Å². The maximum absolute atomic E-state index is 14.0. The standard InChI is InChI=1S/C24H32FNO4S/c1-4-6-13-24(3,14-7-5-2)18-31(29,30)23-12-11-21(25)17-20(23)15-19-9-8-10-22(16-19)26(27)28/h8-12,16-17H,4-7,13-15,18H2,1-3H3. The largest absolute Gasteiger partial charge is 0.269 e. The maximum Gasteiger partial charge on any atom is 0.269 e. The Morgan fingerprint density at radius 3 is 2.26 bits per heavy atom. The molecule has 0 radical (unpaired) electrons. The van der Waals surface area contributed by atoms with Crippen LogP contribution in [0, 0.1) is 21.3 Å². The first-order chi connectivity index (χ1) is 14.6. The summed E-state index contributed by atoms with van der Waals surface area (Å²) in [5.74, 6) is -0.521. The summed E-state index contributed by atoms with van der Waals surface area (Å²) in [7, 11) is -3.67. The van der Waals surface area contributed by atoms with Gasteiger partial charge in [-0.2, -0.15) is 0 Å². The number of nitro benzene ring substituents is 1. The van der Waals surface area contributed by atoms with Crippen molar-refractivity contribution in [2.24, 2.45) is 5.41 Å². The van der Waals surface area contributed by atoms with Gasteiger partial charge in [0, 0.05) is 12.1 Å². The molecule has 5 nitrogen and oxygen atoms in total. The topological polar surface area (TPSA) is 77.3 Å². The zero-order chi connectivity index (χ0) is 23.1. The average molecular weight is 450 g/mol. The second kappa shape index (κ2) is 10.8. The van der Waals surface area contributed by atoms with E-state index in [0.717, 1.165) is 38.5 Å². The fraction of sp³-hybridized carbons (Fsp3) is 0.500. The molecule has 31 heavy (non-hydrogen) atoms. The number of benzene rings is 2. The van der Waals surface area contributed by atoms with E-state index in [9.17, 15) is 22.9 Å². The lowest BCUT2D eigenvalue weighted by atomic mass is 9.82. The van der Waals surface area contributed by atoms with Gasteiger partial charge in [0.1, 0.15) is 5.82 Å². The summed E-state index contributed by atoms with van der Waals surface area (Å²) < 4.78 is 40.9. The van der Waals surface area contributed by atoms with Crippen molar-refractivity contribution in [2.45, 2.75) is 70.6 Å². The van der Waals surface area contributed by atoms with Gasteiger partial charge in [0.25, 0.3) is 5.69 Å². The highest BCUT2D eigenvalue weighted by Gasteiger charge is 2.32. The van der Waals surface area contributed by atoms with Crippen LogP contribution in [0.25, 0.3) is 0 Å². The first kappa shape index (κ1) is 25.0. The van der Waals surface area contributed by atoms with Gasteiger partial charge in [0.2, 0.25) is 0 Å². The lowest BCUT2D eigenvalue weighted by Gasteiger charge is -2.30. The maximum atomic E-state index is 14.0. The molecule has 0 N–H and O–H groups in total. The molecule has 7 heteroatoms. The first-order valence-corrected chi connectivity index (χ1v) is 12.5.